The van der Waals surface area contributed by atoms with Crippen LogP contribution in [0.3, 0.4) is 0 Å². The second kappa shape index (κ2) is 22.2. The van der Waals surface area contributed by atoms with Gasteiger partial charge in [-0.3, -0.25) is 24.0 Å². The van der Waals surface area contributed by atoms with Gasteiger partial charge in [-0.1, -0.05) is 55.7 Å². The Morgan fingerprint density at radius 3 is 2.24 bits per heavy atom. The van der Waals surface area contributed by atoms with E-state index in [2.05, 4.69) is 79.4 Å². The zero-order valence-electron chi connectivity index (χ0n) is 26.9. The maximum atomic E-state index is 12.9. The number of alkyl halides is 1. The fourth-order valence-corrected chi connectivity index (χ4v) is 5.81. The molecular formula is C31H49IN8O5. The summed E-state index contributed by atoms with van der Waals surface area (Å²) in [6.45, 7) is 9.79. The molecule has 0 aromatic carbocycles. The molecule has 0 bridgehead atoms. The van der Waals surface area contributed by atoms with Crippen LogP contribution in [0.15, 0.2) is 12.1 Å². The number of aromatic nitrogens is 1. The van der Waals surface area contributed by atoms with E-state index in [1.165, 1.54) is 13.0 Å². The minimum Gasteiger partial charge on any atom is -0.359 e. The molecule has 0 saturated heterocycles. The zero-order valence-corrected chi connectivity index (χ0v) is 29.1. The largest absolute Gasteiger partial charge is 0.359 e. The van der Waals surface area contributed by atoms with Gasteiger partial charge in [0.1, 0.15) is 23.8 Å². The van der Waals surface area contributed by atoms with Gasteiger partial charge in [0.25, 0.3) is 5.91 Å². The highest BCUT2D eigenvalue weighted by Gasteiger charge is 2.32. The Morgan fingerprint density at radius 1 is 0.911 bits per heavy atom. The van der Waals surface area contributed by atoms with E-state index in [1.807, 2.05) is 0 Å². The molecule has 1 unspecified atom stereocenters. The molecule has 0 aliphatic rings. The third-order valence-electron chi connectivity index (χ3n) is 6.99. The smallest absolute Gasteiger partial charge is 0.269 e. The van der Waals surface area contributed by atoms with Crippen molar-refractivity contribution in [2.24, 2.45) is 0 Å². The van der Waals surface area contributed by atoms with Gasteiger partial charge in [0.15, 0.2) is 0 Å². The zero-order chi connectivity index (χ0) is 33.7. The quantitative estimate of drug-likeness (QED) is 0.0424. The van der Waals surface area contributed by atoms with Crippen LogP contribution in [0.2, 0.25) is 0 Å². The van der Waals surface area contributed by atoms with Crippen molar-refractivity contribution in [2.45, 2.75) is 94.6 Å². The van der Waals surface area contributed by atoms with Gasteiger partial charge in [-0.25, -0.2) is 4.98 Å². The highest BCUT2D eigenvalue weighted by molar-refractivity contribution is 14.1. The highest BCUT2D eigenvalue weighted by Crippen LogP contribution is 2.42. The van der Waals surface area contributed by atoms with E-state index in [9.17, 15) is 29.2 Å². The molecule has 1 aromatic heterocycles. The lowest BCUT2D eigenvalue weighted by Crippen LogP contribution is -2.52. The van der Waals surface area contributed by atoms with E-state index >= 15 is 0 Å². The fraction of sp³-hybridized carbons (Fsp3) is 0.645. The fourth-order valence-electron chi connectivity index (χ4n) is 4.47. The maximum Gasteiger partial charge on any atom is 0.269 e. The Kier molecular flexibility index (Phi) is 19.6. The van der Waals surface area contributed by atoms with Crippen LogP contribution in [-0.2, 0) is 22.6 Å². The van der Waals surface area contributed by atoms with Crippen LogP contribution in [-0.4, -0.2) is 79.8 Å². The van der Waals surface area contributed by atoms with Crippen LogP contribution in [0, 0.1) is 11.3 Å². The lowest BCUT2D eigenvalue weighted by molar-refractivity contribution is -0.131. The SMILES string of the molecule is CCCCC(I)(CCC)c1nc(C(=O)NCCC(=O)N[C@@H](C)C(=O)N[C@@H](C)C(=O)NCCCNCCCNC=O)ccc1C#N. The standard InChI is InChI=1S/C31H49IN8O5/c1-5-7-14-31(32,13-6-2)27-24(20-33)10-11-25(40-27)30(45)37-19-12-26(42)38-23(4)29(44)39-22(3)28(43)36-18-9-16-34-15-8-17-35-21-41/h10-11,21-23,34H,5-9,12-19H2,1-4H3,(H,35,41)(H,36,43)(H,37,45)(H,38,42)(H,39,44)/t22-,23-,31?/m0/s1. The predicted molar refractivity (Wildman–Crippen MR) is 180 cm³/mol. The van der Waals surface area contributed by atoms with Crippen molar-refractivity contribution in [3.8, 4) is 6.07 Å². The third kappa shape index (κ3) is 15.0. The monoisotopic (exact) mass is 740 g/mol. The van der Waals surface area contributed by atoms with Crippen molar-refractivity contribution >= 4 is 52.6 Å². The van der Waals surface area contributed by atoms with Gasteiger partial charge in [0.05, 0.1) is 14.7 Å². The summed E-state index contributed by atoms with van der Waals surface area (Å²) in [5, 5.41) is 26.1. The average Bonchev–Trinajstić information content (AvgIpc) is 3.02. The first-order valence-corrected chi connectivity index (χ1v) is 16.7. The van der Waals surface area contributed by atoms with E-state index in [0.29, 0.717) is 43.7 Å². The summed E-state index contributed by atoms with van der Waals surface area (Å²) >= 11 is 2.37. The lowest BCUT2D eigenvalue weighted by atomic mass is 9.90. The molecule has 0 spiro atoms. The minimum absolute atomic E-state index is 0.0273. The summed E-state index contributed by atoms with van der Waals surface area (Å²) in [6, 6.07) is 3.67. The first-order chi connectivity index (χ1) is 21.5. The number of rotatable bonds is 23. The molecular weight excluding hydrogens is 691 g/mol. The summed E-state index contributed by atoms with van der Waals surface area (Å²) in [7, 11) is 0. The van der Waals surface area contributed by atoms with Crippen LogP contribution in [0.1, 0.15) is 101 Å². The molecule has 1 rings (SSSR count). The first-order valence-electron chi connectivity index (χ1n) is 15.7. The van der Waals surface area contributed by atoms with Gasteiger partial charge in [0.2, 0.25) is 24.1 Å². The molecule has 0 radical (unpaired) electrons. The van der Waals surface area contributed by atoms with Gasteiger partial charge in [-0.05, 0) is 64.8 Å². The van der Waals surface area contributed by atoms with Crippen LogP contribution in [0.5, 0.6) is 0 Å². The van der Waals surface area contributed by atoms with Crippen LogP contribution >= 0.6 is 22.6 Å². The van der Waals surface area contributed by atoms with E-state index in [1.54, 1.807) is 13.0 Å². The second-order valence-corrected chi connectivity index (χ2v) is 12.9. The molecule has 250 valence electrons. The Morgan fingerprint density at radius 2 is 1.60 bits per heavy atom. The van der Waals surface area contributed by atoms with Crippen molar-refractivity contribution in [3.63, 3.8) is 0 Å². The number of pyridine rings is 1. The molecule has 1 aromatic rings. The number of amides is 5. The van der Waals surface area contributed by atoms with Crippen molar-refractivity contribution in [1.82, 2.24) is 36.9 Å². The third-order valence-corrected chi connectivity index (χ3v) is 8.58. The minimum atomic E-state index is -0.887. The highest BCUT2D eigenvalue weighted by atomic mass is 127. The van der Waals surface area contributed by atoms with Gasteiger partial charge in [0, 0.05) is 26.1 Å². The number of nitriles is 1. The maximum absolute atomic E-state index is 12.9. The molecule has 14 heteroatoms. The molecule has 1 heterocycles. The molecule has 3 atom stereocenters. The molecule has 5 amide bonds. The van der Waals surface area contributed by atoms with Gasteiger partial charge >= 0.3 is 0 Å². The Hall–Kier alpha value is -3.32. The van der Waals surface area contributed by atoms with E-state index in [0.717, 1.165) is 45.1 Å². The van der Waals surface area contributed by atoms with Crippen LogP contribution in [0.25, 0.3) is 0 Å². The number of hydrogen-bond acceptors (Lipinski definition) is 8. The van der Waals surface area contributed by atoms with Crippen molar-refractivity contribution < 1.29 is 24.0 Å². The molecule has 45 heavy (non-hydrogen) atoms. The second-order valence-electron chi connectivity index (χ2n) is 10.9. The van der Waals surface area contributed by atoms with Gasteiger partial charge in [-0.15, -0.1) is 0 Å². The van der Waals surface area contributed by atoms with Crippen molar-refractivity contribution in [2.75, 3.05) is 32.7 Å². The Balaban J connectivity index is 2.50. The van der Waals surface area contributed by atoms with Gasteiger partial charge in [-0.2, -0.15) is 5.26 Å². The van der Waals surface area contributed by atoms with Crippen molar-refractivity contribution in [3.05, 3.63) is 29.1 Å². The number of hydrogen-bond donors (Lipinski definition) is 6. The molecule has 6 N–H and O–H groups in total. The topological polar surface area (TPSA) is 194 Å². The number of carbonyl (C=O) groups excluding carboxylic acids is 5. The molecule has 0 saturated carbocycles. The average molecular weight is 741 g/mol. The number of halogens is 1. The molecule has 0 aliphatic carbocycles. The normalized spacial score (nSPS) is 13.3. The molecule has 0 fully saturated rings. The Bertz CT molecular complexity index is 1160. The van der Waals surface area contributed by atoms with E-state index < -0.39 is 29.8 Å². The summed E-state index contributed by atoms with van der Waals surface area (Å²) in [5.74, 6) is -1.73. The van der Waals surface area contributed by atoms with Crippen LogP contribution < -0.4 is 31.9 Å². The van der Waals surface area contributed by atoms with Crippen LogP contribution in [0.4, 0.5) is 0 Å². The summed E-state index contributed by atoms with van der Waals surface area (Å²) in [6.07, 6.45) is 6.70. The molecule has 13 nitrogen and oxygen atoms in total. The Labute approximate surface area is 280 Å². The number of nitrogens with one attached hydrogen (secondary N) is 6. The summed E-state index contributed by atoms with van der Waals surface area (Å²) in [5.41, 5.74) is 1.24. The van der Waals surface area contributed by atoms with E-state index in [-0.39, 0.29) is 28.0 Å². The van der Waals surface area contributed by atoms with Crippen molar-refractivity contribution in [1.29, 1.82) is 5.26 Å². The first kappa shape index (κ1) is 39.7. The molecule has 0 aliphatic heterocycles. The number of carbonyl (C=O) groups is 5. The summed E-state index contributed by atoms with van der Waals surface area (Å²) in [4.78, 5) is 64.9. The summed E-state index contributed by atoms with van der Waals surface area (Å²) < 4.78 is -0.354. The lowest BCUT2D eigenvalue weighted by Gasteiger charge is -2.28. The number of unbranched alkanes of at least 4 members (excludes halogenated alkanes) is 1. The van der Waals surface area contributed by atoms with Gasteiger partial charge < -0.3 is 31.9 Å². The predicted octanol–water partition coefficient (Wildman–Crippen LogP) is 1.94. The van der Waals surface area contributed by atoms with E-state index in [4.69, 9.17) is 0 Å². The number of nitrogens with zero attached hydrogens (tertiary/aromatic N) is 2.